The third-order valence-electron chi connectivity index (χ3n) is 4.78. The second kappa shape index (κ2) is 8.85. The van der Waals surface area contributed by atoms with E-state index < -0.39 is 30.0 Å². The molecule has 1 heterocycles. The number of carboxylic acids is 1. The Morgan fingerprint density at radius 2 is 1.89 bits per heavy atom. The van der Waals surface area contributed by atoms with Crippen LogP contribution >= 0.6 is 0 Å². The number of phenols is 1. The van der Waals surface area contributed by atoms with Crippen molar-refractivity contribution in [2.45, 2.75) is 51.2 Å². The smallest absolute Gasteiger partial charge is 0.326 e. The Morgan fingerprint density at radius 1 is 1.26 bits per heavy atom. The Bertz CT molecular complexity index is 689. The Kier molecular flexibility index (Phi) is 6.79. The maximum atomic E-state index is 12.8. The number of hydrogen-bond donors (Lipinski definition) is 4. The van der Waals surface area contributed by atoms with Crippen molar-refractivity contribution in [3.63, 3.8) is 0 Å². The highest BCUT2D eigenvalue weighted by molar-refractivity contribution is 5.92. The fourth-order valence-electron chi connectivity index (χ4n) is 3.22. The van der Waals surface area contributed by atoms with Gasteiger partial charge in [0.15, 0.2) is 0 Å². The molecule has 1 saturated heterocycles. The van der Waals surface area contributed by atoms with Gasteiger partial charge < -0.3 is 26.2 Å². The van der Waals surface area contributed by atoms with Crippen molar-refractivity contribution in [1.82, 2.24) is 10.2 Å². The van der Waals surface area contributed by atoms with Crippen LogP contribution in [0.3, 0.4) is 0 Å². The van der Waals surface area contributed by atoms with E-state index in [2.05, 4.69) is 5.32 Å². The lowest BCUT2D eigenvalue weighted by molar-refractivity contribution is -0.150. The van der Waals surface area contributed by atoms with Gasteiger partial charge in [-0.25, -0.2) is 4.79 Å². The predicted molar refractivity (Wildman–Crippen MR) is 98.9 cm³/mol. The number of rotatable bonds is 7. The van der Waals surface area contributed by atoms with Crippen LogP contribution in [0.15, 0.2) is 24.3 Å². The van der Waals surface area contributed by atoms with Crippen molar-refractivity contribution >= 4 is 17.8 Å². The summed E-state index contributed by atoms with van der Waals surface area (Å²) in [4.78, 5) is 38.0. The van der Waals surface area contributed by atoms with Gasteiger partial charge in [-0.1, -0.05) is 26.0 Å². The number of aromatic hydroxyl groups is 1. The van der Waals surface area contributed by atoms with Gasteiger partial charge in [-0.3, -0.25) is 9.59 Å². The van der Waals surface area contributed by atoms with Crippen LogP contribution in [0.25, 0.3) is 0 Å². The molecular formula is C19H27N3O5. The summed E-state index contributed by atoms with van der Waals surface area (Å²) < 4.78 is 0. The number of hydrogen-bond acceptors (Lipinski definition) is 5. The summed E-state index contributed by atoms with van der Waals surface area (Å²) in [5, 5.41) is 21.3. The number of nitrogens with zero attached hydrogens (tertiary/aromatic N) is 1. The van der Waals surface area contributed by atoms with E-state index in [9.17, 15) is 24.6 Å². The molecule has 2 amide bonds. The summed E-state index contributed by atoms with van der Waals surface area (Å²) in [6.45, 7) is 3.95. The van der Waals surface area contributed by atoms with Crippen LogP contribution in [-0.4, -0.2) is 57.6 Å². The monoisotopic (exact) mass is 377 g/mol. The molecule has 1 aliphatic rings. The van der Waals surface area contributed by atoms with E-state index in [-0.39, 0.29) is 24.0 Å². The number of likely N-dealkylation sites (tertiary alicyclic amines) is 1. The van der Waals surface area contributed by atoms with Gasteiger partial charge in [-0.2, -0.15) is 0 Å². The van der Waals surface area contributed by atoms with E-state index in [1.165, 1.54) is 17.0 Å². The van der Waals surface area contributed by atoms with Crippen molar-refractivity contribution in [2.75, 3.05) is 6.54 Å². The minimum Gasteiger partial charge on any atom is -0.508 e. The van der Waals surface area contributed by atoms with Crippen LogP contribution in [0.2, 0.25) is 0 Å². The second-order valence-corrected chi connectivity index (χ2v) is 7.24. The number of carbonyl (C=O) groups excluding carboxylic acids is 2. The van der Waals surface area contributed by atoms with Crippen LogP contribution in [-0.2, 0) is 20.8 Å². The number of amides is 2. The molecule has 8 nitrogen and oxygen atoms in total. The quantitative estimate of drug-likeness (QED) is 0.546. The summed E-state index contributed by atoms with van der Waals surface area (Å²) in [6.07, 6.45) is 1.30. The standard InChI is InChI=1S/C19H27N3O5/c1-11(2)16(18(25)22-9-3-4-15(22)19(26)27)21-17(24)14(20)10-12-5-7-13(23)8-6-12/h5-8,11,14-16,23H,3-4,9-10,20H2,1-2H3,(H,21,24)(H,26,27)/t14-,15+,16-/m0/s1. The number of nitrogens with two attached hydrogens (primary N) is 1. The van der Waals surface area contributed by atoms with E-state index >= 15 is 0 Å². The van der Waals surface area contributed by atoms with E-state index in [0.29, 0.717) is 19.4 Å². The molecule has 8 heteroatoms. The van der Waals surface area contributed by atoms with Gasteiger partial charge in [0.2, 0.25) is 11.8 Å². The zero-order valence-electron chi connectivity index (χ0n) is 15.6. The molecule has 148 valence electrons. The third-order valence-corrected chi connectivity index (χ3v) is 4.78. The molecule has 0 aliphatic carbocycles. The highest BCUT2D eigenvalue weighted by atomic mass is 16.4. The maximum absolute atomic E-state index is 12.8. The van der Waals surface area contributed by atoms with E-state index in [0.717, 1.165) is 5.56 Å². The minimum absolute atomic E-state index is 0.126. The average Bonchev–Trinajstić information content (AvgIpc) is 3.10. The van der Waals surface area contributed by atoms with Gasteiger partial charge in [0.05, 0.1) is 6.04 Å². The lowest BCUT2D eigenvalue weighted by atomic mass is 10.0. The number of carbonyl (C=O) groups is 3. The molecule has 0 unspecified atom stereocenters. The Balaban J connectivity index is 2.03. The molecule has 0 bridgehead atoms. The largest absolute Gasteiger partial charge is 0.508 e. The van der Waals surface area contributed by atoms with Crippen LogP contribution in [0, 0.1) is 5.92 Å². The van der Waals surface area contributed by atoms with Gasteiger partial charge >= 0.3 is 5.97 Å². The predicted octanol–water partition coefficient (Wildman–Crippen LogP) is 0.478. The summed E-state index contributed by atoms with van der Waals surface area (Å²) in [7, 11) is 0. The molecular weight excluding hydrogens is 350 g/mol. The first-order valence-electron chi connectivity index (χ1n) is 9.08. The molecule has 0 spiro atoms. The summed E-state index contributed by atoms with van der Waals surface area (Å²) in [6, 6.07) is 3.84. The molecule has 1 aromatic carbocycles. The first kappa shape index (κ1) is 20.7. The van der Waals surface area contributed by atoms with Crippen molar-refractivity contribution in [3.8, 4) is 5.75 Å². The van der Waals surface area contributed by atoms with Crippen LogP contribution < -0.4 is 11.1 Å². The van der Waals surface area contributed by atoms with Gasteiger partial charge in [0.25, 0.3) is 0 Å². The van der Waals surface area contributed by atoms with Gasteiger partial charge in [-0.05, 0) is 42.9 Å². The number of aliphatic carboxylic acids is 1. The third kappa shape index (κ3) is 5.19. The van der Waals surface area contributed by atoms with E-state index in [4.69, 9.17) is 5.73 Å². The number of phenolic OH excluding ortho intramolecular Hbond substituents is 1. The van der Waals surface area contributed by atoms with Crippen molar-refractivity contribution < 1.29 is 24.6 Å². The normalized spacial score (nSPS) is 19.0. The molecule has 27 heavy (non-hydrogen) atoms. The zero-order valence-corrected chi connectivity index (χ0v) is 15.6. The topological polar surface area (TPSA) is 133 Å². The molecule has 0 saturated carbocycles. The van der Waals surface area contributed by atoms with Crippen LogP contribution in [0.1, 0.15) is 32.3 Å². The first-order chi connectivity index (χ1) is 12.7. The Morgan fingerprint density at radius 3 is 2.44 bits per heavy atom. The molecule has 0 aromatic heterocycles. The number of nitrogens with one attached hydrogen (secondary N) is 1. The fraction of sp³-hybridized carbons (Fsp3) is 0.526. The average molecular weight is 377 g/mol. The lowest BCUT2D eigenvalue weighted by Crippen LogP contribution is -2.56. The highest BCUT2D eigenvalue weighted by Gasteiger charge is 2.38. The molecule has 2 rings (SSSR count). The van der Waals surface area contributed by atoms with Crippen molar-refractivity contribution in [1.29, 1.82) is 0 Å². The number of carboxylic acid groups (broad SMARTS) is 1. The zero-order chi connectivity index (χ0) is 20.1. The van der Waals surface area contributed by atoms with E-state index in [1.807, 2.05) is 0 Å². The second-order valence-electron chi connectivity index (χ2n) is 7.24. The van der Waals surface area contributed by atoms with E-state index in [1.54, 1.807) is 26.0 Å². The first-order valence-corrected chi connectivity index (χ1v) is 9.08. The fourth-order valence-corrected chi connectivity index (χ4v) is 3.22. The lowest BCUT2D eigenvalue weighted by Gasteiger charge is -2.30. The van der Waals surface area contributed by atoms with Crippen LogP contribution in [0.5, 0.6) is 5.75 Å². The molecule has 1 fully saturated rings. The highest BCUT2D eigenvalue weighted by Crippen LogP contribution is 2.20. The summed E-state index contributed by atoms with van der Waals surface area (Å²) in [5.41, 5.74) is 6.76. The molecule has 1 aliphatic heterocycles. The summed E-state index contributed by atoms with van der Waals surface area (Å²) >= 11 is 0. The molecule has 0 radical (unpaired) electrons. The molecule has 5 N–H and O–H groups in total. The maximum Gasteiger partial charge on any atom is 0.326 e. The van der Waals surface area contributed by atoms with Gasteiger partial charge in [0.1, 0.15) is 17.8 Å². The Hall–Kier alpha value is -2.61. The summed E-state index contributed by atoms with van der Waals surface area (Å²) in [5.74, 6) is -1.97. The van der Waals surface area contributed by atoms with Gasteiger partial charge in [-0.15, -0.1) is 0 Å². The SMILES string of the molecule is CC(C)[C@H](NC(=O)[C@@H](N)Cc1ccc(O)cc1)C(=O)N1CCC[C@@H]1C(=O)O. The Labute approximate surface area is 158 Å². The van der Waals surface area contributed by atoms with Crippen molar-refractivity contribution in [2.24, 2.45) is 11.7 Å². The van der Waals surface area contributed by atoms with Gasteiger partial charge in [0, 0.05) is 6.54 Å². The molecule has 1 aromatic rings. The van der Waals surface area contributed by atoms with Crippen LogP contribution in [0.4, 0.5) is 0 Å². The van der Waals surface area contributed by atoms with Crippen molar-refractivity contribution in [3.05, 3.63) is 29.8 Å². The number of benzene rings is 1. The minimum atomic E-state index is -1.03. The molecule has 3 atom stereocenters.